The first-order valence-electron chi connectivity index (χ1n) is 8.17. The molecule has 0 bridgehead atoms. The van der Waals surface area contributed by atoms with Crippen LogP contribution in [0.4, 0.5) is 5.82 Å². The molecule has 0 unspecified atom stereocenters. The van der Waals surface area contributed by atoms with Gasteiger partial charge in [0.25, 0.3) is 5.56 Å². The van der Waals surface area contributed by atoms with E-state index in [2.05, 4.69) is 20.3 Å². The van der Waals surface area contributed by atoms with Crippen molar-refractivity contribution >= 4 is 5.82 Å². The Bertz CT molecular complexity index is 923. The van der Waals surface area contributed by atoms with E-state index in [-0.39, 0.29) is 11.6 Å². The lowest BCUT2D eigenvalue weighted by molar-refractivity contribution is 0.381. The van der Waals surface area contributed by atoms with Gasteiger partial charge in [0.15, 0.2) is 0 Å². The predicted octanol–water partition coefficient (Wildman–Crippen LogP) is 2.50. The third kappa shape index (κ3) is 4.18. The fourth-order valence-corrected chi connectivity index (χ4v) is 2.50. The van der Waals surface area contributed by atoms with Gasteiger partial charge in [-0.15, -0.1) is 0 Å². The topological polar surface area (TPSA) is 89.1 Å². The summed E-state index contributed by atoms with van der Waals surface area (Å²) in [6.07, 6.45) is 2.40. The van der Waals surface area contributed by atoms with Crippen LogP contribution in [-0.2, 0) is 6.42 Å². The molecular formula is C19H20N4O3. The van der Waals surface area contributed by atoms with Gasteiger partial charge in [-0.3, -0.25) is 4.79 Å². The highest BCUT2D eigenvalue weighted by molar-refractivity contribution is 5.61. The van der Waals surface area contributed by atoms with Crippen LogP contribution in [0.1, 0.15) is 5.56 Å². The van der Waals surface area contributed by atoms with Gasteiger partial charge in [0.05, 0.1) is 25.5 Å². The predicted molar refractivity (Wildman–Crippen MR) is 99.8 cm³/mol. The summed E-state index contributed by atoms with van der Waals surface area (Å²) in [7, 11) is 3.14. The van der Waals surface area contributed by atoms with Crippen LogP contribution in [0.15, 0.2) is 53.5 Å². The second-order valence-electron chi connectivity index (χ2n) is 5.56. The third-order valence-electron chi connectivity index (χ3n) is 3.86. The van der Waals surface area contributed by atoms with Crippen molar-refractivity contribution in [3.63, 3.8) is 0 Å². The number of pyridine rings is 1. The summed E-state index contributed by atoms with van der Waals surface area (Å²) in [5.41, 5.74) is 1.94. The van der Waals surface area contributed by atoms with E-state index in [1.54, 1.807) is 31.5 Å². The number of rotatable bonds is 7. The Balaban J connectivity index is 1.74. The minimum absolute atomic E-state index is 0.206. The lowest BCUT2D eigenvalue weighted by atomic mass is 10.1. The van der Waals surface area contributed by atoms with Gasteiger partial charge in [-0.2, -0.15) is 9.97 Å². The highest BCUT2D eigenvalue weighted by Crippen LogP contribution is 2.19. The van der Waals surface area contributed by atoms with E-state index in [4.69, 9.17) is 9.47 Å². The second kappa shape index (κ2) is 8.15. The molecule has 2 aromatic heterocycles. The Morgan fingerprint density at radius 3 is 2.58 bits per heavy atom. The van der Waals surface area contributed by atoms with Crippen molar-refractivity contribution in [3.05, 3.63) is 64.6 Å². The highest BCUT2D eigenvalue weighted by atomic mass is 16.5. The van der Waals surface area contributed by atoms with E-state index < -0.39 is 0 Å². The van der Waals surface area contributed by atoms with E-state index in [9.17, 15) is 4.79 Å². The quantitative estimate of drug-likeness (QED) is 0.679. The van der Waals surface area contributed by atoms with Crippen molar-refractivity contribution < 1.29 is 9.47 Å². The molecule has 2 N–H and O–H groups in total. The van der Waals surface area contributed by atoms with Gasteiger partial charge in [0.1, 0.15) is 11.6 Å². The first-order valence-corrected chi connectivity index (χ1v) is 8.17. The van der Waals surface area contributed by atoms with Gasteiger partial charge in [0, 0.05) is 18.8 Å². The fourth-order valence-electron chi connectivity index (χ4n) is 2.50. The van der Waals surface area contributed by atoms with Crippen molar-refractivity contribution in [2.24, 2.45) is 0 Å². The first-order chi connectivity index (χ1) is 12.7. The summed E-state index contributed by atoms with van der Waals surface area (Å²) in [5, 5.41) is 3.25. The van der Waals surface area contributed by atoms with Crippen molar-refractivity contribution in [2.45, 2.75) is 6.42 Å². The first kappa shape index (κ1) is 17.5. The maximum absolute atomic E-state index is 12.0. The van der Waals surface area contributed by atoms with Gasteiger partial charge in [-0.1, -0.05) is 12.1 Å². The highest BCUT2D eigenvalue weighted by Gasteiger charge is 2.09. The molecule has 0 saturated heterocycles. The smallest absolute Gasteiger partial charge is 0.318 e. The van der Waals surface area contributed by atoms with Crippen LogP contribution in [0.2, 0.25) is 0 Å². The van der Waals surface area contributed by atoms with E-state index in [0.717, 1.165) is 12.2 Å². The molecule has 0 spiro atoms. The number of benzene rings is 1. The Morgan fingerprint density at radius 1 is 1.08 bits per heavy atom. The van der Waals surface area contributed by atoms with Gasteiger partial charge < -0.3 is 19.8 Å². The van der Waals surface area contributed by atoms with Crippen LogP contribution >= 0.6 is 0 Å². The van der Waals surface area contributed by atoms with E-state index >= 15 is 0 Å². The summed E-state index contributed by atoms with van der Waals surface area (Å²) in [6, 6.07) is 13.3. The molecule has 0 fully saturated rings. The number of aromatic amines is 1. The van der Waals surface area contributed by atoms with E-state index in [0.29, 0.717) is 23.6 Å². The molecule has 0 amide bonds. The van der Waals surface area contributed by atoms with E-state index in [1.165, 1.54) is 12.7 Å². The maximum Gasteiger partial charge on any atom is 0.318 e. The van der Waals surface area contributed by atoms with Crippen LogP contribution in [-0.4, -0.2) is 35.7 Å². The van der Waals surface area contributed by atoms with Crippen LogP contribution in [0.3, 0.4) is 0 Å². The summed E-state index contributed by atoms with van der Waals surface area (Å²) < 4.78 is 10.3. The summed E-state index contributed by atoms with van der Waals surface area (Å²) >= 11 is 0. The van der Waals surface area contributed by atoms with Crippen molar-refractivity contribution in [3.8, 4) is 23.0 Å². The lowest BCUT2D eigenvalue weighted by Crippen LogP contribution is -2.11. The summed E-state index contributed by atoms with van der Waals surface area (Å²) in [6.45, 7) is 0.678. The minimum atomic E-state index is -0.211. The molecular weight excluding hydrogens is 332 g/mol. The Labute approximate surface area is 151 Å². The van der Waals surface area contributed by atoms with Crippen molar-refractivity contribution in [1.29, 1.82) is 0 Å². The molecule has 7 heteroatoms. The molecule has 0 aliphatic rings. The fraction of sp³-hybridized carbons (Fsp3) is 0.211. The number of hydrogen-bond acceptors (Lipinski definition) is 6. The number of H-pyrrole nitrogens is 1. The number of methoxy groups -OCH3 is 2. The average molecular weight is 352 g/mol. The molecule has 134 valence electrons. The average Bonchev–Trinajstić information content (AvgIpc) is 2.68. The number of nitrogens with one attached hydrogen (secondary N) is 2. The summed E-state index contributed by atoms with van der Waals surface area (Å²) in [4.78, 5) is 23.2. The molecule has 0 saturated carbocycles. The minimum Gasteiger partial charge on any atom is -0.497 e. The van der Waals surface area contributed by atoms with Gasteiger partial charge in [0.2, 0.25) is 0 Å². The zero-order valence-electron chi connectivity index (χ0n) is 14.7. The number of aromatic nitrogens is 3. The second-order valence-corrected chi connectivity index (χ2v) is 5.56. The zero-order chi connectivity index (χ0) is 18.4. The summed E-state index contributed by atoms with van der Waals surface area (Å²) in [5.74, 6) is 1.43. The zero-order valence-corrected chi connectivity index (χ0v) is 14.7. The van der Waals surface area contributed by atoms with Crippen LogP contribution in [0.25, 0.3) is 11.3 Å². The molecule has 2 heterocycles. The van der Waals surface area contributed by atoms with Gasteiger partial charge in [-0.05, 0) is 36.2 Å². The molecule has 7 nitrogen and oxygen atoms in total. The van der Waals surface area contributed by atoms with Crippen LogP contribution in [0.5, 0.6) is 11.8 Å². The maximum atomic E-state index is 12.0. The number of hydrogen-bond donors (Lipinski definition) is 2. The van der Waals surface area contributed by atoms with Crippen molar-refractivity contribution in [1.82, 2.24) is 15.0 Å². The molecule has 0 radical (unpaired) electrons. The van der Waals surface area contributed by atoms with Crippen LogP contribution in [0, 0.1) is 0 Å². The molecule has 0 aliphatic heterocycles. The molecule has 1 aromatic carbocycles. The Kier molecular flexibility index (Phi) is 5.48. The third-order valence-corrected chi connectivity index (χ3v) is 3.86. The normalized spacial score (nSPS) is 10.4. The van der Waals surface area contributed by atoms with Crippen molar-refractivity contribution in [2.75, 3.05) is 26.1 Å². The van der Waals surface area contributed by atoms with Gasteiger partial charge in [-0.25, -0.2) is 0 Å². The Hall–Kier alpha value is -3.35. The monoisotopic (exact) mass is 352 g/mol. The standard InChI is InChI=1S/C19H20N4O3/c1-25-14-7-5-13(6-8-14)9-11-20-17-12-16(22-19(23-17)26-2)15-4-3-10-21-18(15)24/h3-8,10,12H,9,11H2,1-2H3,(H,21,24)(H,20,22,23). The number of ether oxygens (including phenoxy) is 2. The molecule has 0 atom stereocenters. The number of nitrogens with zero attached hydrogens (tertiary/aromatic N) is 2. The molecule has 26 heavy (non-hydrogen) atoms. The van der Waals surface area contributed by atoms with E-state index in [1.807, 2.05) is 24.3 Å². The van der Waals surface area contributed by atoms with Gasteiger partial charge >= 0.3 is 6.01 Å². The Morgan fingerprint density at radius 2 is 1.88 bits per heavy atom. The lowest BCUT2D eigenvalue weighted by Gasteiger charge is -2.09. The largest absolute Gasteiger partial charge is 0.497 e. The molecule has 0 aliphatic carbocycles. The number of anilines is 1. The molecule has 3 aromatic rings. The SMILES string of the molecule is COc1ccc(CCNc2cc(-c3ccc[nH]c3=O)nc(OC)n2)cc1. The molecule has 3 rings (SSSR count). The van der Waals surface area contributed by atoms with Crippen LogP contribution < -0.4 is 20.3 Å².